The molecule has 2 aromatic rings. The van der Waals surface area contributed by atoms with E-state index in [4.69, 9.17) is 11.6 Å². The van der Waals surface area contributed by atoms with Gasteiger partial charge in [-0.25, -0.2) is 0 Å². The van der Waals surface area contributed by atoms with Crippen molar-refractivity contribution in [1.82, 2.24) is 4.90 Å². The van der Waals surface area contributed by atoms with Crippen molar-refractivity contribution in [1.29, 1.82) is 0 Å². The lowest BCUT2D eigenvalue weighted by Crippen LogP contribution is -2.35. The fraction of sp³-hybridized carbons (Fsp3) is 0.273. The molecular weight excluding hydrogens is 392 g/mol. The van der Waals surface area contributed by atoms with Gasteiger partial charge in [0, 0.05) is 36.9 Å². The van der Waals surface area contributed by atoms with Crippen LogP contribution >= 0.6 is 11.6 Å². The SMILES string of the molecule is CC(O)CN1C(=O)C(=O)/C(=C(\O)c2ccc(Cl)cc2)C1c1ccc(N(C)C)cc1. The lowest BCUT2D eigenvalue weighted by Gasteiger charge is -2.26. The van der Waals surface area contributed by atoms with Crippen LogP contribution in [0.1, 0.15) is 24.1 Å². The van der Waals surface area contributed by atoms with E-state index in [2.05, 4.69) is 0 Å². The van der Waals surface area contributed by atoms with Gasteiger partial charge in [0.1, 0.15) is 5.76 Å². The summed E-state index contributed by atoms with van der Waals surface area (Å²) in [5, 5.41) is 21.3. The summed E-state index contributed by atoms with van der Waals surface area (Å²) in [5.41, 5.74) is 2.01. The van der Waals surface area contributed by atoms with Crippen LogP contribution < -0.4 is 4.90 Å². The summed E-state index contributed by atoms with van der Waals surface area (Å²) in [6, 6.07) is 13.0. The molecular formula is C22H23ClN2O4. The summed E-state index contributed by atoms with van der Waals surface area (Å²) >= 11 is 5.91. The first-order valence-corrected chi connectivity index (χ1v) is 9.58. The smallest absolute Gasteiger partial charge is 0.295 e. The average Bonchev–Trinajstić information content (AvgIpc) is 2.92. The molecule has 2 aromatic carbocycles. The summed E-state index contributed by atoms with van der Waals surface area (Å²) in [4.78, 5) is 28.7. The lowest BCUT2D eigenvalue weighted by molar-refractivity contribution is -0.140. The molecule has 29 heavy (non-hydrogen) atoms. The first-order chi connectivity index (χ1) is 13.7. The van der Waals surface area contributed by atoms with E-state index in [0.717, 1.165) is 5.69 Å². The van der Waals surface area contributed by atoms with Gasteiger partial charge in [0.2, 0.25) is 0 Å². The summed E-state index contributed by atoms with van der Waals surface area (Å²) in [7, 11) is 3.82. The number of halogens is 1. The molecule has 0 aliphatic carbocycles. The third kappa shape index (κ3) is 4.13. The van der Waals surface area contributed by atoms with Crippen molar-refractivity contribution in [2.75, 3.05) is 25.5 Å². The van der Waals surface area contributed by atoms with Crippen LogP contribution in [0.5, 0.6) is 0 Å². The number of aliphatic hydroxyl groups excluding tert-OH is 2. The second-order valence-corrected chi connectivity index (χ2v) is 7.73. The molecule has 0 bridgehead atoms. The zero-order valence-electron chi connectivity index (χ0n) is 16.5. The highest BCUT2D eigenvalue weighted by atomic mass is 35.5. The fourth-order valence-electron chi connectivity index (χ4n) is 3.42. The van der Waals surface area contributed by atoms with Crippen LogP contribution in [0, 0.1) is 0 Å². The van der Waals surface area contributed by atoms with Crippen molar-refractivity contribution >= 4 is 34.7 Å². The van der Waals surface area contributed by atoms with E-state index in [9.17, 15) is 19.8 Å². The van der Waals surface area contributed by atoms with Crippen LogP contribution in [-0.2, 0) is 9.59 Å². The number of hydrogen-bond acceptors (Lipinski definition) is 5. The maximum absolute atomic E-state index is 12.8. The normalized spacial score (nSPS) is 19.5. The maximum atomic E-state index is 12.8. The lowest BCUT2D eigenvalue weighted by atomic mass is 9.95. The highest BCUT2D eigenvalue weighted by Crippen LogP contribution is 2.40. The van der Waals surface area contributed by atoms with Gasteiger partial charge in [-0.2, -0.15) is 0 Å². The number of likely N-dealkylation sites (tertiary alicyclic amines) is 1. The van der Waals surface area contributed by atoms with E-state index in [-0.39, 0.29) is 17.9 Å². The molecule has 6 nitrogen and oxygen atoms in total. The van der Waals surface area contributed by atoms with Gasteiger partial charge in [-0.1, -0.05) is 23.7 Å². The molecule has 2 atom stereocenters. The maximum Gasteiger partial charge on any atom is 0.295 e. The fourth-order valence-corrected chi connectivity index (χ4v) is 3.54. The van der Waals surface area contributed by atoms with Crippen molar-refractivity contribution in [2.45, 2.75) is 19.1 Å². The molecule has 152 valence electrons. The van der Waals surface area contributed by atoms with E-state index >= 15 is 0 Å². The first-order valence-electron chi connectivity index (χ1n) is 9.20. The standard InChI is InChI=1S/C22H23ClN2O4/c1-13(26)12-25-19(14-6-10-17(11-7-14)24(2)3)18(21(28)22(25)29)20(27)15-4-8-16(23)9-5-15/h4-11,13,19,26-27H,12H2,1-3H3/b20-18-. The number of hydrogen-bond donors (Lipinski definition) is 2. The monoisotopic (exact) mass is 414 g/mol. The Morgan fingerprint density at radius 3 is 2.21 bits per heavy atom. The van der Waals surface area contributed by atoms with Gasteiger partial charge in [0.05, 0.1) is 17.7 Å². The van der Waals surface area contributed by atoms with Crippen LogP contribution in [0.2, 0.25) is 5.02 Å². The van der Waals surface area contributed by atoms with Crippen LogP contribution in [0.15, 0.2) is 54.1 Å². The Kier molecular flexibility index (Phi) is 5.96. The van der Waals surface area contributed by atoms with Crippen molar-refractivity contribution in [3.05, 3.63) is 70.3 Å². The highest BCUT2D eigenvalue weighted by molar-refractivity contribution is 6.46. The van der Waals surface area contributed by atoms with Crippen molar-refractivity contribution in [3.63, 3.8) is 0 Å². The molecule has 0 radical (unpaired) electrons. The minimum atomic E-state index is -0.827. The molecule has 1 aliphatic rings. The molecule has 7 heteroatoms. The molecule has 0 saturated carbocycles. The number of carbonyl (C=O) groups is 2. The summed E-state index contributed by atoms with van der Waals surface area (Å²) < 4.78 is 0. The molecule has 1 saturated heterocycles. The van der Waals surface area contributed by atoms with Gasteiger partial charge in [0.15, 0.2) is 0 Å². The number of β-amino-alcohol motifs (C(OH)–C–C–N with tert-alkyl or cyclic N) is 1. The Bertz CT molecular complexity index is 950. The Labute approximate surface area is 174 Å². The average molecular weight is 415 g/mol. The number of carbonyl (C=O) groups excluding carboxylic acids is 2. The van der Waals surface area contributed by atoms with E-state index in [1.54, 1.807) is 31.2 Å². The van der Waals surface area contributed by atoms with E-state index in [1.807, 2.05) is 43.3 Å². The van der Waals surface area contributed by atoms with Gasteiger partial charge < -0.3 is 20.0 Å². The number of nitrogens with zero attached hydrogens (tertiary/aromatic N) is 2. The number of rotatable bonds is 5. The second kappa shape index (κ2) is 8.27. The molecule has 0 spiro atoms. The Hall–Kier alpha value is -2.83. The number of anilines is 1. The first kappa shape index (κ1) is 20.9. The summed E-state index contributed by atoms with van der Waals surface area (Å²) in [5.74, 6) is -1.79. The van der Waals surface area contributed by atoms with Gasteiger partial charge >= 0.3 is 0 Å². The van der Waals surface area contributed by atoms with E-state index in [0.29, 0.717) is 16.1 Å². The predicted octanol–water partition coefficient (Wildman–Crippen LogP) is 3.21. The molecule has 0 aromatic heterocycles. The third-order valence-electron chi connectivity index (χ3n) is 4.84. The van der Waals surface area contributed by atoms with E-state index < -0.39 is 23.8 Å². The largest absolute Gasteiger partial charge is 0.507 e. The molecule has 2 unspecified atom stereocenters. The Balaban J connectivity index is 2.15. The van der Waals surface area contributed by atoms with Gasteiger partial charge in [-0.15, -0.1) is 0 Å². The number of aliphatic hydroxyl groups is 2. The molecule has 1 amide bonds. The number of amides is 1. The third-order valence-corrected chi connectivity index (χ3v) is 5.10. The number of ketones is 1. The number of Topliss-reactive ketones (excluding diaryl/α,β-unsaturated/α-hetero) is 1. The number of benzene rings is 2. The topological polar surface area (TPSA) is 81.1 Å². The molecule has 2 N–H and O–H groups in total. The molecule has 1 heterocycles. The summed E-state index contributed by atoms with van der Waals surface area (Å²) in [6.45, 7) is 1.52. The van der Waals surface area contributed by atoms with Crippen LogP contribution in [0.4, 0.5) is 5.69 Å². The second-order valence-electron chi connectivity index (χ2n) is 7.29. The molecule has 1 aliphatic heterocycles. The van der Waals surface area contributed by atoms with Gasteiger partial charge in [0.25, 0.3) is 11.7 Å². The zero-order chi connectivity index (χ0) is 21.3. The Morgan fingerprint density at radius 2 is 1.69 bits per heavy atom. The zero-order valence-corrected chi connectivity index (χ0v) is 17.2. The van der Waals surface area contributed by atoms with Crippen molar-refractivity contribution < 1.29 is 19.8 Å². The van der Waals surface area contributed by atoms with Crippen LogP contribution in [0.3, 0.4) is 0 Å². The minimum Gasteiger partial charge on any atom is -0.507 e. The van der Waals surface area contributed by atoms with Crippen LogP contribution in [-0.4, -0.2) is 53.5 Å². The van der Waals surface area contributed by atoms with Gasteiger partial charge in [-0.3, -0.25) is 9.59 Å². The van der Waals surface area contributed by atoms with E-state index in [1.165, 1.54) is 4.90 Å². The minimum absolute atomic E-state index is 0.00410. The molecule has 1 fully saturated rings. The van der Waals surface area contributed by atoms with Crippen molar-refractivity contribution in [3.8, 4) is 0 Å². The molecule has 3 rings (SSSR count). The van der Waals surface area contributed by atoms with Crippen molar-refractivity contribution in [2.24, 2.45) is 0 Å². The highest BCUT2D eigenvalue weighted by Gasteiger charge is 2.46. The summed E-state index contributed by atoms with van der Waals surface area (Å²) in [6.07, 6.45) is -0.827. The predicted molar refractivity (Wildman–Crippen MR) is 113 cm³/mol. The van der Waals surface area contributed by atoms with Crippen LogP contribution in [0.25, 0.3) is 5.76 Å². The van der Waals surface area contributed by atoms with Gasteiger partial charge in [-0.05, 0) is 48.9 Å². The quantitative estimate of drug-likeness (QED) is 0.446. The Morgan fingerprint density at radius 1 is 1.10 bits per heavy atom.